The van der Waals surface area contributed by atoms with Gasteiger partial charge < -0.3 is 0 Å². The Labute approximate surface area is 200 Å². The number of hydrazone groups is 1. The summed E-state index contributed by atoms with van der Waals surface area (Å²) in [6.07, 6.45) is 3.60. The summed E-state index contributed by atoms with van der Waals surface area (Å²) in [5.74, 6) is -0.688. The number of carbonyl (C=O) groups excluding carboxylic acids is 2. The van der Waals surface area contributed by atoms with Gasteiger partial charge in [0, 0.05) is 11.8 Å². The largest absolute Gasteiger partial charge is 0.298 e. The first-order chi connectivity index (χ1) is 16.6. The molecule has 0 fully saturated rings. The molecule has 5 rings (SSSR count). The number of benzene rings is 3. The summed E-state index contributed by atoms with van der Waals surface area (Å²) in [5, 5.41) is 6.51. The SMILES string of the molecule is CCC1=NN(c2ccccc2)C(=O)[C@@]12[C@H](c1ccccc1)[C@@H](C)C=C(C=O)[C@H]2c1ccccc1. The van der Waals surface area contributed by atoms with Gasteiger partial charge in [0.2, 0.25) is 0 Å². The number of para-hydroxylation sites is 1. The van der Waals surface area contributed by atoms with Gasteiger partial charge in [-0.2, -0.15) is 10.1 Å². The molecule has 4 atom stereocenters. The highest BCUT2D eigenvalue weighted by molar-refractivity contribution is 6.21. The molecule has 2 aliphatic rings. The fourth-order valence-electron chi connectivity index (χ4n) is 6.05. The van der Waals surface area contributed by atoms with Gasteiger partial charge in [-0.15, -0.1) is 0 Å². The first-order valence-corrected chi connectivity index (χ1v) is 11.9. The highest BCUT2D eigenvalue weighted by atomic mass is 16.2. The zero-order valence-electron chi connectivity index (χ0n) is 19.5. The summed E-state index contributed by atoms with van der Waals surface area (Å²) in [6.45, 7) is 4.16. The number of hydrogen-bond donors (Lipinski definition) is 0. The summed E-state index contributed by atoms with van der Waals surface area (Å²) in [4.78, 5) is 27.2. The summed E-state index contributed by atoms with van der Waals surface area (Å²) in [5.41, 5.74) is 3.25. The number of anilines is 1. The van der Waals surface area contributed by atoms with Gasteiger partial charge in [0.25, 0.3) is 5.91 Å². The minimum Gasteiger partial charge on any atom is -0.298 e. The second-order valence-corrected chi connectivity index (χ2v) is 9.10. The van der Waals surface area contributed by atoms with Crippen LogP contribution >= 0.6 is 0 Å². The molecule has 34 heavy (non-hydrogen) atoms. The molecule has 0 saturated heterocycles. The number of nitrogens with zero attached hydrogens (tertiary/aromatic N) is 2. The van der Waals surface area contributed by atoms with Crippen molar-refractivity contribution < 1.29 is 9.59 Å². The Balaban J connectivity index is 1.83. The molecule has 0 saturated carbocycles. The van der Waals surface area contributed by atoms with E-state index in [1.54, 1.807) is 5.01 Å². The third-order valence-corrected chi connectivity index (χ3v) is 7.27. The van der Waals surface area contributed by atoms with Crippen LogP contribution in [0.3, 0.4) is 0 Å². The van der Waals surface area contributed by atoms with Crippen LogP contribution in [0.25, 0.3) is 0 Å². The van der Waals surface area contributed by atoms with E-state index in [1.807, 2.05) is 78.9 Å². The standard InChI is InChI=1S/C30H28N2O2/c1-3-26-30(29(34)32(31-26)25-17-11-6-12-18-25)27(22-13-7-4-8-14-22)21(2)19-24(20-33)28(30)23-15-9-5-10-16-23/h4-21,27-28H,3H2,1-2H3/t21-,27-,28+,30+/m0/s1. The number of allylic oxidation sites excluding steroid dienone is 2. The molecule has 0 unspecified atom stereocenters. The Morgan fingerprint density at radius 3 is 2.00 bits per heavy atom. The van der Waals surface area contributed by atoms with E-state index < -0.39 is 11.3 Å². The molecule has 1 spiro atoms. The van der Waals surface area contributed by atoms with E-state index in [0.29, 0.717) is 12.0 Å². The van der Waals surface area contributed by atoms with Crippen molar-refractivity contribution in [3.05, 3.63) is 114 Å². The van der Waals surface area contributed by atoms with Crippen LogP contribution < -0.4 is 5.01 Å². The van der Waals surface area contributed by atoms with Gasteiger partial charge in [0.05, 0.1) is 11.4 Å². The van der Waals surface area contributed by atoms with Gasteiger partial charge in [-0.25, -0.2) is 0 Å². The van der Waals surface area contributed by atoms with Crippen LogP contribution in [-0.4, -0.2) is 17.9 Å². The van der Waals surface area contributed by atoms with Crippen LogP contribution in [-0.2, 0) is 9.59 Å². The van der Waals surface area contributed by atoms with Crippen molar-refractivity contribution in [1.29, 1.82) is 0 Å². The van der Waals surface area contributed by atoms with Gasteiger partial charge in [0.1, 0.15) is 11.7 Å². The lowest BCUT2D eigenvalue weighted by atomic mass is 9.51. The third-order valence-electron chi connectivity index (χ3n) is 7.27. The number of carbonyl (C=O) groups is 2. The van der Waals surface area contributed by atoms with E-state index >= 15 is 0 Å². The van der Waals surface area contributed by atoms with Crippen molar-refractivity contribution in [3.8, 4) is 0 Å². The summed E-state index contributed by atoms with van der Waals surface area (Å²) >= 11 is 0. The Morgan fingerprint density at radius 1 is 0.882 bits per heavy atom. The van der Waals surface area contributed by atoms with E-state index in [1.165, 1.54) is 0 Å². The highest BCUT2D eigenvalue weighted by Crippen LogP contribution is 2.60. The predicted octanol–water partition coefficient (Wildman–Crippen LogP) is 6.13. The van der Waals surface area contributed by atoms with Gasteiger partial charge in [-0.05, 0) is 41.2 Å². The molecule has 1 aliphatic heterocycles. The Morgan fingerprint density at radius 2 is 1.44 bits per heavy atom. The zero-order valence-corrected chi connectivity index (χ0v) is 19.5. The Kier molecular flexibility index (Phi) is 5.74. The fourth-order valence-corrected chi connectivity index (χ4v) is 6.05. The lowest BCUT2D eigenvalue weighted by molar-refractivity contribution is -0.126. The van der Waals surface area contributed by atoms with Crippen LogP contribution in [0.15, 0.2) is 108 Å². The van der Waals surface area contributed by atoms with Crippen molar-refractivity contribution in [3.63, 3.8) is 0 Å². The molecule has 0 bridgehead atoms. The van der Waals surface area contributed by atoms with Crippen LogP contribution in [0.2, 0.25) is 0 Å². The minimum atomic E-state index is -1.00. The second-order valence-electron chi connectivity index (χ2n) is 9.10. The predicted molar refractivity (Wildman–Crippen MR) is 136 cm³/mol. The highest BCUT2D eigenvalue weighted by Gasteiger charge is 2.63. The average molecular weight is 449 g/mol. The quantitative estimate of drug-likeness (QED) is 0.441. The molecule has 0 aromatic heterocycles. The van der Waals surface area contributed by atoms with E-state index in [2.05, 4.69) is 32.1 Å². The first-order valence-electron chi connectivity index (χ1n) is 11.9. The molecule has 1 amide bonds. The van der Waals surface area contributed by atoms with E-state index in [9.17, 15) is 9.59 Å². The van der Waals surface area contributed by atoms with Gasteiger partial charge in [0.15, 0.2) is 0 Å². The molecule has 4 heteroatoms. The number of aldehydes is 1. The summed E-state index contributed by atoms with van der Waals surface area (Å²) < 4.78 is 0. The van der Waals surface area contributed by atoms with Crippen molar-refractivity contribution in [2.75, 3.05) is 5.01 Å². The van der Waals surface area contributed by atoms with Crippen molar-refractivity contribution in [1.82, 2.24) is 0 Å². The first kappa shape index (κ1) is 22.0. The number of rotatable bonds is 5. The van der Waals surface area contributed by atoms with Crippen molar-refractivity contribution >= 4 is 23.6 Å². The third kappa shape index (κ3) is 3.25. The topological polar surface area (TPSA) is 49.7 Å². The zero-order chi connectivity index (χ0) is 23.7. The van der Waals surface area contributed by atoms with Crippen molar-refractivity contribution in [2.24, 2.45) is 16.4 Å². The minimum absolute atomic E-state index is 0.0287. The molecule has 3 aromatic rings. The van der Waals surface area contributed by atoms with Gasteiger partial charge in [-0.1, -0.05) is 98.8 Å². The lowest BCUT2D eigenvalue weighted by Crippen LogP contribution is -2.53. The van der Waals surface area contributed by atoms with Crippen LogP contribution in [0.4, 0.5) is 5.69 Å². The monoisotopic (exact) mass is 448 g/mol. The molecular formula is C30H28N2O2. The molecule has 1 aliphatic carbocycles. The maximum absolute atomic E-state index is 14.7. The van der Waals surface area contributed by atoms with E-state index in [0.717, 1.165) is 28.8 Å². The van der Waals surface area contributed by atoms with E-state index in [-0.39, 0.29) is 17.7 Å². The molecular weight excluding hydrogens is 420 g/mol. The molecule has 0 radical (unpaired) electrons. The van der Waals surface area contributed by atoms with Crippen molar-refractivity contribution in [2.45, 2.75) is 32.1 Å². The summed E-state index contributed by atoms with van der Waals surface area (Å²) in [7, 11) is 0. The average Bonchev–Trinajstić information content (AvgIpc) is 3.17. The maximum atomic E-state index is 14.7. The lowest BCUT2D eigenvalue weighted by Gasteiger charge is -2.48. The molecule has 170 valence electrons. The van der Waals surface area contributed by atoms with Crippen LogP contribution in [0.1, 0.15) is 43.2 Å². The fraction of sp³-hybridized carbons (Fsp3) is 0.233. The summed E-state index contributed by atoms with van der Waals surface area (Å²) in [6, 6.07) is 29.7. The molecule has 4 nitrogen and oxygen atoms in total. The normalized spacial score (nSPS) is 26.4. The Hall–Kier alpha value is -3.79. The van der Waals surface area contributed by atoms with Crippen LogP contribution in [0, 0.1) is 11.3 Å². The number of amides is 1. The van der Waals surface area contributed by atoms with Gasteiger partial charge >= 0.3 is 0 Å². The molecule has 1 heterocycles. The van der Waals surface area contributed by atoms with Gasteiger partial charge in [-0.3, -0.25) is 9.59 Å². The molecule has 0 N–H and O–H groups in total. The number of hydrogen-bond acceptors (Lipinski definition) is 3. The van der Waals surface area contributed by atoms with E-state index in [4.69, 9.17) is 5.10 Å². The second kappa shape index (κ2) is 8.86. The van der Waals surface area contributed by atoms with Crippen LogP contribution in [0.5, 0.6) is 0 Å². The smallest absolute Gasteiger partial charge is 0.260 e. The molecule has 3 aromatic carbocycles. The maximum Gasteiger partial charge on any atom is 0.260 e. The Bertz CT molecular complexity index is 1250.